The molecule has 4 N–H and O–H groups in total. The summed E-state index contributed by atoms with van der Waals surface area (Å²) in [5.41, 5.74) is 6.58. The van der Waals surface area contributed by atoms with Crippen LogP contribution in [0.15, 0.2) is 76.9 Å². The molecule has 4 aliphatic rings. The number of piperazine rings is 1. The molecule has 6 atom stereocenters. The molecular formula is C57H67FN10O7S2. The van der Waals surface area contributed by atoms with Crippen molar-refractivity contribution in [2.75, 3.05) is 63.1 Å². The van der Waals surface area contributed by atoms with E-state index in [0.717, 1.165) is 96.3 Å². The largest absolute Gasteiger partial charge is 0.508 e. The number of pyridine rings is 1. The number of phenolic OH excluding ortho intramolecular Hbond substituents is 1. The van der Waals surface area contributed by atoms with Crippen LogP contribution in [0.1, 0.15) is 87.9 Å². The molecule has 2 bridgehead atoms. The summed E-state index contributed by atoms with van der Waals surface area (Å²) in [7, 11) is 0. The van der Waals surface area contributed by atoms with Gasteiger partial charge in [0.05, 0.1) is 46.8 Å². The summed E-state index contributed by atoms with van der Waals surface area (Å²) in [6, 6.07) is 19.3. The number of hydrogen-bond donors (Lipinski definition) is 5. The van der Waals surface area contributed by atoms with Gasteiger partial charge in [0.25, 0.3) is 11.1 Å². The average Bonchev–Trinajstić information content (AvgIpc) is 4.26. The molecule has 4 aromatic heterocycles. The maximum atomic E-state index is 17.1. The third-order valence-corrected chi connectivity index (χ3v) is 19.0. The Morgan fingerprint density at radius 2 is 1.77 bits per heavy atom. The van der Waals surface area contributed by atoms with Gasteiger partial charge in [-0.15, -0.1) is 11.3 Å². The van der Waals surface area contributed by atoms with Crippen molar-refractivity contribution < 1.29 is 38.2 Å². The number of nitrogens with one attached hydrogen (secondary N) is 2. The molecule has 0 aliphatic carbocycles. The first-order valence-corrected chi connectivity index (χ1v) is 29.3. The Kier molecular flexibility index (Phi) is 15.4. The van der Waals surface area contributed by atoms with Crippen LogP contribution < -0.4 is 25.0 Å². The number of thiol groups is 1. The average molecular weight is 1090 g/mol. The number of ether oxygens (including phenoxy) is 2. The number of halogens is 1. The molecule has 0 radical (unpaired) electrons. The lowest BCUT2D eigenvalue weighted by molar-refractivity contribution is -0.129. The number of anilines is 1. The number of β-amino-alcohol motifs (C(OH)–C–C–N with tert-alkyl or cyclic N) is 1. The van der Waals surface area contributed by atoms with Crippen LogP contribution in [0, 0.1) is 24.6 Å². The van der Waals surface area contributed by atoms with Crippen LogP contribution in [0.4, 0.5) is 15.0 Å². The van der Waals surface area contributed by atoms with E-state index in [-0.39, 0.29) is 64.3 Å². The Balaban J connectivity index is 0.700. The van der Waals surface area contributed by atoms with Crippen LogP contribution in [0.2, 0.25) is 0 Å². The second-order valence-corrected chi connectivity index (χ2v) is 24.3. The first kappa shape index (κ1) is 52.6. The van der Waals surface area contributed by atoms with Gasteiger partial charge in [0, 0.05) is 55.3 Å². The van der Waals surface area contributed by atoms with Gasteiger partial charge in [0.2, 0.25) is 5.91 Å². The van der Waals surface area contributed by atoms with Gasteiger partial charge in [-0.2, -0.15) is 9.97 Å². The molecule has 4 fully saturated rings. The SMILES string of the molecule is CCc1cccc2cc(O)cc(-c3ncc4c(N5CC6CCC(C5)N6)nc(OCCN5CCC(COc6cc([C@H](C(=O)N7C[C@H](O)C[SH]7C(=O)N[C@@H](C)c7ccc(-c8scnc8C)cc7)C(C)C)on6)CC5)nc4c3F)c12. The number of thiazole rings is 1. The Bertz CT molecular complexity index is 3270. The van der Waals surface area contributed by atoms with Gasteiger partial charge < -0.3 is 39.7 Å². The van der Waals surface area contributed by atoms with Crippen molar-refractivity contribution in [2.24, 2.45) is 11.8 Å². The summed E-state index contributed by atoms with van der Waals surface area (Å²) < 4.78 is 36.9. The topological polar surface area (TPSA) is 204 Å². The van der Waals surface area contributed by atoms with E-state index in [0.29, 0.717) is 60.2 Å². The zero-order chi connectivity index (χ0) is 53.5. The fourth-order valence-corrected chi connectivity index (χ4v) is 14.6. The normalized spacial score (nSPS) is 21.3. The monoisotopic (exact) mass is 1090 g/mol. The summed E-state index contributed by atoms with van der Waals surface area (Å²) in [6.07, 6.45) is 5.48. The number of aliphatic hydroxyl groups excluding tert-OH is 1. The number of piperidine rings is 1. The molecule has 3 aromatic carbocycles. The zero-order valence-electron chi connectivity index (χ0n) is 44.1. The molecule has 3 unspecified atom stereocenters. The number of carbonyl (C=O) groups is 2. The highest BCUT2D eigenvalue weighted by Crippen LogP contribution is 2.44. The number of likely N-dealkylation sites (tertiary alicyclic amines) is 1. The molecule has 11 rings (SSSR count). The number of aryl methyl sites for hydroxylation is 2. The maximum absolute atomic E-state index is 17.1. The molecule has 4 aliphatic heterocycles. The van der Waals surface area contributed by atoms with Gasteiger partial charge in [-0.05, 0) is 116 Å². The van der Waals surface area contributed by atoms with Crippen molar-refractivity contribution in [2.45, 2.75) is 96.9 Å². The minimum absolute atomic E-state index is 0.0312. The van der Waals surface area contributed by atoms with Crippen LogP contribution in [-0.2, 0) is 11.2 Å². The Morgan fingerprint density at radius 3 is 2.49 bits per heavy atom. The van der Waals surface area contributed by atoms with Crippen LogP contribution in [-0.4, -0.2) is 132 Å². The standard InChI is InChI=1S/C57H67FN10O7S2/c1-6-36-8-7-9-39-22-42(69)23-44(49(36)39)51-50(58)52-45(25-59-51)54(67-26-40-14-15-41(27-67)62-40)64-56(63-52)73-21-20-66-18-16-35(17-19-66)29-74-47-24-46(75-65-47)48(32(2)3)55(71)68-28-43(70)30-77(68)57(72)61-33(4)37-10-12-38(13-11-37)53-34(5)60-31-76-53/h7-13,22-25,31-33,35,40-41,43,48,62,69-70,77H,6,14-21,26-30H2,1-5H3,(H,61,72)/t33-,40?,41?,43-,48+/m0/s1. The van der Waals surface area contributed by atoms with E-state index < -0.39 is 28.9 Å². The number of aromatic hydroxyl groups is 1. The molecular weight excluding hydrogens is 1020 g/mol. The summed E-state index contributed by atoms with van der Waals surface area (Å²) >= 11 is -0.0885. The summed E-state index contributed by atoms with van der Waals surface area (Å²) in [5, 5.41) is 34.4. The lowest BCUT2D eigenvalue weighted by atomic mass is 9.92. The lowest BCUT2D eigenvalue weighted by Crippen LogP contribution is -2.51. The van der Waals surface area contributed by atoms with Gasteiger partial charge in [0.1, 0.15) is 35.3 Å². The number of benzene rings is 3. The minimum Gasteiger partial charge on any atom is -0.508 e. The lowest BCUT2D eigenvalue weighted by Gasteiger charge is -2.34. The van der Waals surface area contributed by atoms with Crippen molar-refractivity contribution in [1.82, 2.24) is 44.9 Å². The highest BCUT2D eigenvalue weighted by Gasteiger charge is 2.42. The van der Waals surface area contributed by atoms with Gasteiger partial charge in [-0.25, -0.2) is 9.37 Å². The van der Waals surface area contributed by atoms with Gasteiger partial charge in [-0.1, -0.05) is 74.3 Å². The Hall–Kier alpha value is -6.45. The van der Waals surface area contributed by atoms with Crippen molar-refractivity contribution in [3.05, 3.63) is 101 Å². The third-order valence-electron chi connectivity index (χ3n) is 15.7. The number of hydrogen-bond acceptors (Lipinski definition) is 16. The van der Waals surface area contributed by atoms with Crippen molar-refractivity contribution >= 4 is 61.1 Å². The molecule has 8 heterocycles. The van der Waals surface area contributed by atoms with Gasteiger partial charge in [0.15, 0.2) is 11.6 Å². The fourth-order valence-electron chi connectivity index (χ4n) is 11.6. The number of carbonyl (C=O) groups excluding carboxylic acids is 2. The van der Waals surface area contributed by atoms with E-state index in [1.54, 1.807) is 40.0 Å². The maximum Gasteiger partial charge on any atom is 0.319 e. The molecule has 17 nitrogen and oxygen atoms in total. The number of amides is 2. The van der Waals surface area contributed by atoms with Gasteiger partial charge in [-0.3, -0.25) is 23.8 Å². The molecule has 20 heteroatoms. The fraction of sp³-hybridized carbons (Fsp3) is 0.456. The predicted octanol–water partition coefficient (Wildman–Crippen LogP) is 9.11. The summed E-state index contributed by atoms with van der Waals surface area (Å²) in [4.78, 5) is 52.5. The molecule has 77 heavy (non-hydrogen) atoms. The van der Waals surface area contributed by atoms with Gasteiger partial charge >= 0.3 is 6.01 Å². The number of phenols is 1. The number of aromatic nitrogens is 5. The zero-order valence-corrected chi connectivity index (χ0v) is 45.8. The number of rotatable bonds is 16. The molecule has 7 aromatic rings. The smallest absolute Gasteiger partial charge is 0.319 e. The Morgan fingerprint density at radius 1 is 0.987 bits per heavy atom. The number of nitrogens with zero attached hydrogens (tertiary/aromatic N) is 8. The Labute approximate surface area is 454 Å². The van der Waals surface area contributed by atoms with Crippen LogP contribution >= 0.6 is 22.4 Å². The quantitative estimate of drug-likeness (QED) is 0.0573. The van der Waals surface area contributed by atoms with Crippen LogP contribution in [0.5, 0.6) is 17.6 Å². The molecule has 4 saturated heterocycles. The van der Waals surface area contributed by atoms with Crippen LogP contribution in [0.25, 0.3) is 43.4 Å². The third kappa shape index (κ3) is 11.0. The van der Waals surface area contributed by atoms with E-state index in [1.807, 2.05) is 75.7 Å². The van der Waals surface area contributed by atoms with E-state index >= 15 is 4.39 Å². The first-order chi connectivity index (χ1) is 37.3. The minimum atomic E-state index is -1.68. The first-order valence-electron chi connectivity index (χ1n) is 26.9. The van der Waals surface area contributed by atoms with Crippen molar-refractivity contribution in [1.29, 1.82) is 0 Å². The molecule has 0 saturated carbocycles. The van der Waals surface area contributed by atoms with E-state index in [9.17, 15) is 19.8 Å². The number of aliphatic hydroxyl groups is 1. The highest BCUT2D eigenvalue weighted by atomic mass is 32.2. The van der Waals surface area contributed by atoms with Crippen LogP contribution in [0.3, 0.4) is 0 Å². The molecule has 0 spiro atoms. The predicted molar refractivity (Wildman–Crippen MR) is 298 cm³/mol. The summed E-state index contributed by atoms with van der Waals surface area (Å²) in [6.45, 7) is 14.3. The highest BCUT2D eigenvalue weighted by molar-refractivity contribution is 8.28. The summed E-state index contributed by atoms with van der Waals surface area (Å²) in [5.74, 6) is -0.0445. The van der Waals surface area contributed by atoms with Crippen molar-refractivity contribution in [3.8, 4) is 39.3 Å². The van der Waals surface area contributed by atoms with E-state index in [1.165, 1.54) is 0 Å². The molecule has 2 amide bonds. The van der Waals surface area contributed by atoms with E-state index in [4.69, 9.17) is 28.9 Å². The second kappa shape index (κ2) is 22.5. The number of fused-ring (bicyclic) bond motifs is 4. The second-order valence-electron chi connectivity index (χ2n) is 21.4. The van der Waals surface area contributed by atoms with Crippen molar-refractivity contribution in [3.63, 3.8) is 0 Å². The molecule has 406 valence electrons. The van der Waals surface area contributed by atoms with E-state index in [2.05, 4.69) is 37.5 Å².